The summed E-state index contributed by atoms with van der Waals surface area (Å²) in [5.74, 6) is 0.123. The molecular formula is C13H26N2O3S. The van der Waals surface area contributed by atoms with Crippen LogP contribution in [-0.4, -0.2) is 53.9 Å². The van der Waals surface area contributed by atoms with E-state index in [4.69, 9.17) is 0 Å². The summed E-state index contributed by atoms with van der Waals surface area (Å²) < 4.78 is 28.3. The standard InChI is InChI=1S/C13H26N2O3S/c1-10(2)14(3)19(17,18)15-9-5-7-12(15)11-6-4-8-13(11)16/h10-13,16H,4-9H2,1-3H3. The molecule has 6 heteroatoms. The van der Waals surface area contributed by atoms with E-state index in [0.717, 1.165) is 32.1 Å². The highest BCUT2D eigenvalue weighted by atomic mass is 32.2. The predicted molar refractivity (Wildman–Crippen MR) is 74.9 cm³/mol. The second-order valence-corrected chi connectivity index (χ2v) is 8.04. The lowest BCUT2D eigenvalue weighted by atomic mass is 9.95. The second kappa shape index (κ2) is 5.68. The van der Waals surface area contributed by atoms with Gasteiger partial charge < -0.3 is 5.11 Å². The molecule has 3 atom stereocenters. The van der Waals surface area contributed by atoms with Crippen LogP contribution in [0.3, 0.4) is 0 Å². The first-order chi connectivity index (χ1) is 8.85. The average molecular weight is 290 g/mol. The van der Waals surface area contributed by atoms with Gasteiger partial charge in [0.15, 0.2) is 0 Å². The molecule has 19 heavy (non-hydrogen) atoms. The van der Waals surface area contributed by atoms with Gasteiger partial charge in [0.25, 0.3) is 10.2 Å². The fourth-order valence-electron chi connectivity index (χ4n) is 3.33. The highest BCUT2D eigenvalue weighted by molar-refractivity contribution is 7.86. The smallest absolute Gasteiger partial charge is 0.282 e. The molecule has 0 aromatic carbocycles. The Labute approximate surface area is 116 Å². The summed E-state index contributed by atoms with van der Waals surface area (Å²) in [6.45, 7) is 4.35. The molecule has 2 aliphatic rings. The van der Waals surface area contributed by atoms with Crippen LogP contribution in [0, 0.1) is 5.92 Å². The predicted octanol–water partition coefficient (Wildman–Crippen LogP) is 1.20. The molecule has 1 saturated carbocycles. The third-order valence-corrected chi connectivity index (χ3v) is 6.86. The minimum Gasteiger partial charge on any atom is -0.393 e. The lowest BCUT2D eigenvalue weighted by Crippen LogP contribution is -2.49. The van der Waals surface area contributed by atoms with Crippen molar-refractivity contribution < 1.29 is 13.5 Å². The summed E-state index contributed by atoms with van der Waals surface area (Å²) in [5, 5.41) is 10.0. The van der Waals surface area contributed by atoms with Gasteiger partial charge in [0.2, 0.25) is 0 Å². The summed E-state index contributed by atoms with van der Waals surface area (Å²) >= 11 is 0. The Morgan fingerprint density at radius 3 is 2.42 bits per heavy atom. The second-order valence-electron chi connectivity index (χ2n) is 6.10. The summed E-state index contributed by atoms with van der Waals surface area (Å²) in [4.78, 5) is 0. The molecule has 0 radical (unpaired) electrons. The number of aliphatic hydroxyl groups excluding tert-OH is 1. The van der Waals surface area contributed by atoms with Crippen LogP contribution in [0.15, 0.2) is 0 Å². The van der Waals surface area contributed by atoms with Crippen molar-refractivity contribution in [1.29, 1.82) is 0 Å². The first-order valence-electron chi connectivity index (χ1n) is 7.28. The van der Waals surface area contributed by atoms with Gasteiger partial charge in [0.1, 0.15) is 0 Å². The van der Waals surface area contributed by atoms with E-state index < -0.39 is 10.2 Å². The summed E-state index contributed by atoms with van der Waals surface area (Å²) in [5.41, 5.74) is 0. The van der Waals surface area contributed by atoms with Crippen molar-refractivity contribution in [1.82, 2.24) is 8.61 Å². The first kappa shape index (κ1) is 15.2. The van der Waals surface area contributed by atoms with Crippen LogP contribution in [0.1, 0.15) is 46.0 Å². The molecule has 0 spiro atoms. The minimum absolute atomic E-state index is 0.0105. The maximum absolute atomic E-state index is 12.6. The van der Waals surface area contributed by atoms with Crippen molar-refractivity contribution >= 4 is 10.2 Å². The van der Waals surface area contributed by atoms with Gasteiger partial charge in [-0.3, -0.25) is 0 Å². The zero-order chi connectivity index (χ0) is 14.2. The topological polar surface area (TPSA) is 60.9 Å². The normalized spacial score (nSPS) is 33.7. The molecule has 0 aromatic rings. The summed E-state index contributed by atoms with van der Waals surface area (Å²) in [6, 6.07) is -0.0524. The molecule has 112 valence electrons. The Morgan fingerprint density at radius 2 is 1.89 bits per heavy atom. The highest BCUT2D eigenvalue weighted by Gasteiger charge is 2.44. The number of hydrogen-bond acceptors (Lipinski definition) is 3. The van der Waals surface area contributed by atoms with Gasteiger partial charge in [0, 0.05) is 31.6 Å². The first-order valence-corrected chi connectivity index (χ1v) is 8.68. The number of nitrogens with zero attached hydrogens (tertiary/aromatic N) is 2. The molecule has 3 unspecified atom stereocenters. The molecule has 1 saturated heterocycles. The van der Waals surface area contributed by atoms with Crippen LogP contribution >= 0.6 is 0 Å². The van der Waals surface area contributed by atoms with E-state index in [1.54, 1.807) is 11.4 Å². The molecule has 1 heterocycles. The Kier molecular flexibility index (Phi) is 4.55. The molecular weight excluding hydrogens is 264 g/mol. The molecule has 1 N–H and O–H groups in total. The Hall–Kier alpha value is -0.170. The average Bonchev–Trinajstić information content (AvgIpc) is 2.95. The Bertz CT molecular complexity index is 410. The van der Waals surface area contributed by atoms with Crippen LogP contribution in [0.2, 0.25) is 0 Å². The molecule has 1 aliphatic carbocycles. The van der Waals surface area contributed by atoms with E-state index >= 15 is 0 Å². The number of hydrogen-bond donors (Lipinski definition) is 1. The Balaban J connectivity index is 2.19. The van der Waals surface area contributed by atoms with Crippen molar-refractivity contribution in [3.8, 4) is 0 Å². The van der Waals surface area contributed by atoms with Crippen LogP contribution in [0.5, 0.6) is 0 Å². The van der Waals surface area contributed by atoms with Gasteiger partial charge in [0.05, 0.1) is 6.10 Å². The maximum atomic E-state index is 12.6. The lowest BCUT2D eigenvalue weighted by Gasteiger charge is -2.34. The Morgan fingerprint density at radius 1 is 1.21 bits per heavy atom. The van der Waals surface area contributed by atoms with E-state index in [2.05, 4.69) is 0 Å². The van der Waals surface area contributed by atoms with E-state index in [-0.39, 0.29) is 24.1 Å². The van der Waals surface area contributed by atoms with Gasteiger partial charge in [-0.15, -0.1) is 0 Å². The third kappa shape index (κ3) is 2.82. The van der Waals surface area contributed by atoms with Crippen LogP contribution in [0.25, 0.3) is 0 Å². The fraction of sp³-hybridized carbons (Fsp3) is 1.00. The van der Waals surface area contributed by atoms with Crippen LogP contribution in [0.4, 0.5) is 0 Å². The van der Waals surface area contributed by atoms with Crippen molar-refractivity contribution in [2.75, 3.05) is 13.6 Å². The van der Waals surface area contributed by atoms with Crippen LogP contribution < -0.4 is 0 Å². The summed E-state index contributed by atoms with van der Waals surface area (Å²) in [7, 11) is -1.75. The molecule has 1 aliphatic heterocycles. The zero-order valence-electron chi connectivity index (χ0n) is 12.1. The fourth-order valence-corrected chi connectivity index (χ4v) is 5.16. The van der Waals surface area contributed by atoms with E-state index in [9.17, 15) is 13.5 Å². The van der Waals surface area contributed by atoms with Crippen LogP contribution in [-0.2, 0) is 10.2 Å². The van der Waals surface area contributed by atoms with Gasteiger partial charge >= 0.3 is 0 Å². The number of rotatable bonds is 4. The maximum Gasteiger partial charge on any atom is 0.282 e. The molecule has 0 amide bonds. The molecule has 5 nitrogen and oxygen atoms in total. The van der Waals surface area contributed by atoms with E-state index in [1.807, 2.05) is 13.8 Å². The van der Waals surface area contributed by atoms with Gasteiger partial charge in [-0.25, -0.2) is 0 Å². The van der Waals surface area contributed by atoms with Crippen molar-refractivity contribution in [2.45, 2.75) is 64.1 Å². The highest BCUT2D eigenvalue weighted by Crippen LogP contribution is 2.37. The molecule has 2 fully saturated rings. The van der Waals surface area contributed by atoms with Crippen molar-refractivity contribution in [3.05, 3.63) is 0 Å². The quantitative estimate of drug-likeness (QED) is 0.846. The molecule has 0 bridgehead atoms. The molecule has 2 rings (SSSR count). The largest absolute Gasteiger partial charge is 0.393 e. The van der Waals surface area contributed by atoms with Gasteiger partial charge in [-0.2, -0.15) is 17.0 Å². The monoisotopic (exact) mass is 290 g/mol. The van der Waals surface area contributed by atoms with Crippen molar-refractivity contribution in [3.63, 3.8) is 0 Å². The zero-order valence-corrected chi connectivity index (χ0v) is 12.9. The SMILES string of the molecule is CC(C)N(C)S(=O)(=O)N1CCCC1C1CCCC1O. The van der Waals surface area contributed by atoms with Gasteiger partial charge in [-0.1, -0.05) is 6.42 Å². The number of aliphatic hydroxyl groups is 1. The van der Waals surface area contributed by atoms with Gasteiger partial charge in [-0.05, 0) is 39.5 Å². The van der Waals surface area contributed by atoms with E-state index in [0.29, 0.717) is 6.54 Å². The van der Waals surface area contributed by atoms with Crippen molar-refractivity contribution in [2.24, 2.45) is 5.92 Å². The van der Waals surface area contributed by atoms with E-state index in [1.165, 1.54) is 4.31 Å². The molecule has 0 aromatic heterocycles. The summed E-state index contributed by atoms with van der Waals surface area (Å²) in [6.07, 6.45) is 4.23. The lowest BCUT2D eigenvalue weighted by molar-refractivity contribution is 0.0958. The minimum atomic E-state index is -3.39. The third-order valence-electron chi connectivity index (χ3n) is 4.66.